The summed E-state index contributed by atoms with van der Waals surface area (Å²) in [4.78, 5) is 24.4. The lowest BCUT2D eigenvalue weighted by molar-refractivity contribution is -0.267. The van der Waals surface area contributed by atoms with Crippen LogP contribution in [0.1, 0.15) is 39.5 Å². The van der Waals surface area contributed by atoms with Crippen LogP contribution < -0.4 is 5.32 Å². The molecule has 0 bridgehead atoms. The number of carbonyl (C=O) groups is 2. The highest BCUT2D eigenvalue weighted by Gasteiger charge is 2.49. The molecule has 0 aromatic rings. The molecule has 9 heteroatoms. The van der Waals surface area contributed by atoms with Crippen LogP contribution >= 0.6 is 0 Å². The number of aliphatic carboxylic acids is 1. The summed E-state index contributed by atoms with van der Waals surface area (Å²) in [7, 11) is 0. The first-order valence-corrected chi connectivity index (χ1v) is 8.01. The summed E-state index contributed by atoms with van der Waals surface area (Å²) < 4.78 is 43.9. The summed E-state index contributed by atoms with van der Waals surface area (Å²) in [6, 6.07) is -0.761. The van der Waals surface area contributed by atoms with E-state index in [9.17, 15) is 22.8 Å². The Hall–Kier alpha value is -1.51. The zero-order valence-electron chi connectivity index (χ0n) is 13.7. The van der Waals surface area contributed by atoms with Crippen molar-refractivity contribution in [2.75, 3.05) is 13.1 Å². The van der Waals surface area contributed by atoms with Crippen LogP contribution in [0.2, 0.25) is 0 Å². The number of urea groups is 1. The number of carbonyl (C=O) groups excluding carboxylic acids is 1. The third kappa shape index (κ3) is 4.75. The molecule has 2 N–H and O–H groups in total. The Kier molecular flexibility index (Phi) is 5.31. The van der Waals surface area contributed by atoms with Gasteiger partial charge < -0.3 is 20.1 Å². The molecule has 138 valence electrons. The number of nitrogens with zero attached hydrogens (tertiary/aromatic N) is 1. The molecule has 1 aliphatic heterocycles. The van der Waals surface area contributed by atoms with E-state index in [4.69, 9.17) is 9.84 Å². The third-order valence-electron chi connectivity index (χ3n) is 4.48. The first kappa shape index (κ1) is 18.8. The van der Waals surface area contributed by atoms with E-state index >= 15 is 0 Å². The van der Waals surface area contributed by atoms with Gasteiger partial charge in [0.25, 0.3) is 0 Å². The van der Waals surface area contributed by atoms with E-state index in [1.807, 2.05) is 0 Å². The van der Waals surface area contributed by atoms with Gasteiger partial charge in [0.15, 0.2) is 6.10 Å². The molecule has 2 aliphatic rings. The first-order valence-electron chi connectivity index (χ1n) is 8.01. The van der Waals surface area contributed by atoms with Crippen molar-refractivity contribution in [3.05, 3.63) is 0 Å². The van der Waals surface area contributed by atoms with Crippen LogP contribution in [0.5, 0.6) is 0 Å². The molecular formula is C15H23F3N2O4. The Morgan fingerprint density at radius 2 is 1.79 bits per heavy atom. The van der Waals surface area contributed by atoms with E-state index in [1.54, 1.807) is 0 Å². The normalized spacial score (nSPS) is 30.7. The van der Waals surface area contributed by atoms with Crippen molar-refractivity contribution in [1.29, 1.82) is 0 Å². The Bertz CT molecular complexity index is 488. The number of halogens is 3. The molecule has 1 saturated carbocycles. The largest absolute Gasteiger partial charge is 0.481 e. The molecule has 2 fully saturated rings. The van der Waals surface area contributed by atoms with E-state index in [1.165, 1.54) is 13.8 Å². The molecule has 1 heterocycles. The monoisotopic (exact) mass is 352 g/mol. The third-order valence-corrected chi connectivity index (χ3v) is 4.48. The Labute approximate surface area is 138 Å². The van der Waals surface area contributed by atoms with Gasteiger partial charge in [0.1, 0.15) is 0 Å². The number of nitrogens with one attached hydrogen (secondary N) is 1. The second-order valence-corrected chi connectivity index (χ2v) is 7.12. The van der Waals surface area contributed by atoms with Crippen LogP contribution in [0.15, 0.2) is 0 Å². The summed E-state index contributed by atoms with van der Waals surface area (Å²) >= 11 is 0. The standard InChI is InChI=1S/C15H23F3N2O4/c1-14(2)8-20(7-11(24-14)15(16,17)18)13(23)19-10-5-3-9(4-6-10)12(21)22/h9-11H,3-8H2,1-2H3,(H,19,23)(H,21,22). The van der Waals surface area contributed by atoms with Crippen molar-refractivity contribution in [3.63, 3.8) is 0 Å². The van der Waals surface area contributed by atoms with Crippen molar-refractivity contribution in [3.8, 4) is 0 Å². The van der Waals surface area contributed by atoms with Crippen molar-refractivity contribution in [1.82, 2.24) is 10.2 Å². The Morgan fingerprint density at radius 1 is 1.21 bits per heavy atom. The van der Waals surface area contributed by atoms with Crippen LogP contribution in [0.4, 0.5) is 18.0 Å². The first-order chi connectivity index (χ1) is 11.0. The molecule has 1 atom stereocenters. The van der Waals surface area contributed by atoms with Gasteiger partial charge in [-0.05, 0) is 39.5 Å². The maximum Gasteiger partial charge on any atom is 0.416 e. The van der Waals surface area contributed by atoms with E-state index in [0.29, 0.717) is 25.7 Å². The number of ether oxygens (including phenoxy) is 1. The minimum Gasteiger partial charge on any atom is -0.481 e. The fourth-order valence-electron chi connectivity index (χ4n) is 3.26. The maximum absolute atomic E-state index is 13.0. The number of morpholine rings is 1. The Morgan fingerprint density at radius 3 is 2.29 bits per heavy atom. The Balaban J connectivity index is 1.93. The molecule has 0 aromatic carbocycles. The van der Waals surface area contributed by atoms with Crippen LogP contribution in [0, 0.1) is 5.92 Å². The molecule has 6 nitrogen and oxygen atoms in total. The van der Waals surface area contributed by atoms with Gasteiger partial charge in [-0.1, -0.05) is 0 Å². The van der Waals surface area contributed by atoms with Crippen molar-refractivity contribution < 1.29 is 32.6 Å². The number of rotatable bonds is 2. The molecule has 0 radical (unpaired) electrons. The summed E-state index contributed by atoms with van der Waals surface area (Å²) in [5.74, 6) is -1.25. The number of alkyl halides is 3. The number of carboxylic acid groups (broad SMARTS) is 1. The summed E-state index contributed by atoms with van der Waals surface area (Å²) in [5.41, 5.74) is -1.09. The van der Waals surface area contributed by atoms with Crippen molar-refractivity contribution in [2.24, 2.45) is 5.92 Å². The highest BCUT2D eigenvalue weighted by Crippen LogP contribution is 2.32. The number of hydrogen-bond donors (Lipinski definition) is 2. The van der Waals surface area contributed by atoms with Gasteiger partial charge in [-0.2, -0.15) is 13.2 Å². The fourth-order valence-corrected chi connectivity index (χ4v) is 3.26. The molecule has 24 heavy (non-hydrogen) atoms. The molecule has 0 aromatic heterocycles. The van der Waals surface area contributed by atoms with Crippen LogP contribution in [-0.4, -0.2) is 59.0 Å². The predicted molar refractivity (Wildman–Crippen MR) is 78.5 cm³/mol. The predicted octanol–water partition coefficient (Wildman–Crippen LogP) is 2.38. The van der Waals surface area contributed by atoms with Gasteiger partial charge in [-0.25, -0.2) is 4.79 Å². The molecular weight excluding hydrogens is 329 g/mol. The highest BCUT2D eigenvalue weighted by atomic mass is 19.4. The lowest BCUT2D eigenvalue weighted by atomic mass is 9.86. The maximum atomic E-state index is 13.0. The lowest BCUT2D eigenvalue weighted by Gasteiger charge is -2.43. The zero-order chi connectivity index (χ0) is 18.1. The van der Waals surface area contributed by atoms with Gasteiger partial charge in [0.05, 0.1) is 24.6 Å². The van der Waals surface area contributed by atoms with Gasteiger partial charge in [0, 0.05) is 6.04 Å². The number of carboxylic acids is 1. The number of amides is 2. The highest BCUT2D eigenvalue weighted by molar-refractivity contribution is 5.75. The number of hydrogen-bond acceptors (Lipinski definition) is 3. The van der Waals surface area contributed by atoms with E-state index < -0.39 is 42.3 Å². The second-order valence-electron chi connectivity index (χ2n) is 7.12. The summed E-state index contributed by atoms with van der Waals surface area (Å²) in [5, 5.41) is 11.7. The minimum absolute atomic E-state index is 0.0654. The smallest absolute Gasteiger partial charge is 0.416 e. The van der Waals surface area contributed by atoms with Crippen molar-refractivity contribution >= 4 is 12.0 Å². The lowest BCUT2D eigenvalue weighted by Crippen LogP contribution is -2.61. The van der Waals surface area contributed by atoms with Crippen LogP contribution in [0.3, 0.4) is 0 Å². The van der Waals surface area contributed by atoms with Crippen LogP contribution in [0.25, 0.3) is 0 Å². The molecule has 0 spiro atoms. The van der Waals surface area contributed by atoms with Crippen LogP contribution in [-0.2, 0) is 9.53 Å². The molecule has 2 rings (SSSR count). The van der Waals surface area contributed by atoms with E-state index in [0.717, 1.165) is 4.90 Å². The summed E-state index contributed by atoms with van der Waals surface area (Å²) in [6.45, 7) is 2.56. The quantitative estimate of drug-likeness (QED) is 0.800. The second kappa shape index (κ2) is 6.78. The van der Waals surface area contributed by atoms with Gasteiger partial charge in [-0.3, -0.25) is 4.79 Å². The van der Waals surface area contributed by atoms with E-state index in [2.05, 4.69) is 5.32 Å². The molecule has 1 unspecified atom stereocenters. The minimum atomic E-state index is -4.53. The van der Waals surface area contributed by atoms with Gasteiger partial charge in [0.2, 0.25) is 0 Å². The van der Waals surface area contributed by atoms with Crippen molar-refractivity contribution in [2.45, 2.75) is 63.5 Å². The van der Waals surface area contributed by atoms with Gasteiger partial charge >= 0.3 is 18.2 Å². The molecule has 1 aliphatic carbocycles. The molecule has 2 amide bonds. The van der Waals surface area contributed by atoms with E-state index in [-0.39, 0.29) is 12.6 Å². The summed E-state index contributed by atoms with van der Waals surface area (Å²) in [6.07, 6.45) is -4.59. The zero-order valence-corrected chi connectivity index (χ0v) is 13.7. The topological polar surface area (TPSA) is 78.9 Å². The average Bonchev–Trinajstić information content (AvgIpc) is 2.45. The van der Waals surface area contributed by atoms with Gasteiger partial charge in [-0.15, -0.1) is 0 Å². The fraction of sp³-hybridized carbons (Fsp3) is 0.867. The molecule has 1 saturated heterocycles. The SMILES string of the molecule is CC1(C)CN(C(=O)NC2CCC(C(=O)O)CC2)CC(C(F)(F)F)O1. The average molecular weight is 352 g/mol.